The minimum atomic E-state index is 0.374. The highest BCUT2D eigenvalue weighted by atomic mass is 16.5. The largest absolute Gasteiger partial charge is 0.377 e. The highest BCUT2D eigenvalue weighted by Gasteiger charge is 2.16. The Kier molecular flexibility index (Phi) is 6.00. The van der Waals surface area contributed by atoms with Crippen LogP contribution in [0.15, 0.2) is 41.5 Å². The molecular formula is C18H24O2. The fourth-order valence-electron chi connectivity index (χ4n) is 2.68. The maximum atomic E-state index is 11.8. The Bertz CT molecular complexity index is 460. The van der Waals surface area contributed by atoms with Crippen molar-refractivity contribution in [3.05, 3.63) is 47.0 Å². The number of ether oxygens (including phenoxy) is 1. The first-order valence-corrected chi connectivity index (χ1v) is 7.61. The van der Waals surface area contributed by atoms with Crippen molar-refractivity contribution < 1.29 is 9.53 Å². The number of rotatable bonds is 7. The molecular weight excluding hydrogens is 248 g/mol. The summed E-state index contributed by atoms with van der Waals surface area (Å²) in [6, 6.07) is 10.2. The zero-order valence-electron chi connectivity index (χ0n) is 12.4. The van der Waals surface area contributed by atoms with Gasteiger partial charge in [0.2, 0.25) is 0 Å². The first-order chi connectivity index (χ1) is 9.77. The van der Waals surface area contributed by atoms with Gasteiger partial charge in [0.25, 0.3) is 0 Å². The molecule has 0 amide bonds. The first-order valence-electron chi connectivity index (χ1n) is 7.61. The van der Waals surface area contributed by atoms with E-state index in [0.29, 0.717) is 12.4 Å². The first kappa shape index (κ1) is 15.0. The molecule has 1 aromatic carbocycles. The smallest absolute Gasteiger partial charge is 0.158 e. The molecule has 1 aliphatic rings. The van der Waals surface area contributed by atoms with Crippen LogP contribution in [0.5, 0.6) is 0 Å². The second-order valence-electron chi connectivity index (χ2n) is 5.53. The molecule has 0 radical (unpaired) electrons. The van der Waals surface area contributed by atoms with Crippen molar-refractivity contribution in [1.82, 2.24) is 0 Å². The second-order valence-corrected chi connectivity index (χ2v) is 5.53. The lowest BCUT2D eigenvalue weighted by Gasteiger charge is -2.16. The van der Waals surface area contributed by atoms with E-state index in [1.165, 1.54) is 11.1 Å². The summed E-state index contributed by atoms with van der Waals surface area (Å²) >= 11 is 0. The molecule has 0 fully saturated rings. The van der Waals surface area contributed by atoms with Crippen molar-refractivity contribution >= 4 is 5.78 Å². The Morgan fingerprint density at radius 1 is 1.10 bits per heavy atom. The van der Waals surface area contributed by atoms with E-state index in [2.05, 4.69) is 19.1 Å². The van der Waals surface area contributed by atoms with E-state index < -0.39 is 0 Å². The summed E-state index contributed by atoms with van der Waals surface area (Å²) in [4.78, 5) is 11.8. The highest BCUT2D eigenvalue weighted by molar-refractivity contribution is 5.96. The summed E-state index contributed by atoms with van der Waals surface area (Å²) in [5, 5.41) is 0. The molecule has 0 saturated heterocycles. The molecule has 108 valence electrons. The Morgan fingerprint density at radius 3 is 2.65 bits per heavy atom. The molecule has 20 heavy (non-hydrogen) atoms. The van der Waals surface area contributed by atoms with Crippen LogP contribution in [0.1, 0.15) is 51.0 Å². The van der Waals surface area contributed by atoms with E-state index in [1.54, 1.807) is 0 Å². The Hall–Kier alpha value is -1.41. The maximum absolute atomic E-state index is 11.8. The molecule has 0 aliphatic heterocycles. The van der Waals surface area contributed by atoms with E-state index in [-0.39, 0.29) is 0 Å². The van der Waals surface area contributed by atoms with Crippen LogP contribution in [0.2, 0.25) is 0 Å². The highest BCUT2D eigenvalue weighted by Crippen LogP contribution is 2.25. The third-order valence-electron chi connectivity index (χ3n) is 3.88. The lowest BCUT2D eigenvalue weighted by Crippen LogP contribution is -2.10. The standard InChI is InChI=1S/C18H24O2/c1-15-8-7-12-18(19)17(15)11-5-6-13-20-14-16-9-3-2-4-10-16/h2-4,9-10H,5-8,11-14H2,1H3. The summed E-state index contributed by atoms with van der Waals surface area (Å²) in [5.74, 6) is 0.374. The number of unbranched alkanes of at least 4 members (excludes halogenated alkanes) is 1. The third-order valence-corrected chi connectivity index (χ3v) is 3.88. The molecule has 0 atom stereocenters. The number of ketones is 1. The summed E-state index contributed by atoms with van der Waals surface area (Å²) in [5.41, 5.74) is 3.62. The molecule has 0 spiro atoms. The van der Waals surface area contributed by atoms with Crippen LogP contribution in [-0.4, -0.2) is 12.4 Å². The molecule has 1 aromatic rings. The number of hydrogen-bond acceptors (Lipinski definition) is 2. The predicted molar refractivity (Wildman–Crippen MR) is 81.5 cm³/mol. The van der Waals surface area contributed by atoms with Crippen molar-refractivity contribution in [1.29, 1.82) is 0 Å². The van der Waals surface area contributed by atoms with Gasteiger partial charge in [0.1, 0.15) is 0 Å². The van der Waals surface area contributed by atoms with Crippen LogP contribution in [0.25, 0.3) is 0 Å². The van der Waals surface area contributed by atoms with Gasteiger partial charge >= 0.3 is 0 Å². The van der Waals surface area contributed by atoms with Crippen LogP contribution in [0.3, 0.4) is 0 Å². The number of Topliss-reactive ketones (excluding diaryl/α,β-unsaturated/α-hetero) is 1. The fourth-order valence-corrected chi connectivity index (χ4v) is 2.68. The molecule has 0 heterocycles. The molecule has 0 unspecified atom stereocenters. The molecule has 0 saturated carbocycles. The minimum Gasteiger partial charge on any atom is -0.377 e. The number of benzene rings is 1. The fraction of sp³-hybridized carbons (Fsp3) is 0.500. The Morgan fingerprint density at radius 2 is 1.90 bits per heavy atom. The molecule has 2 nitrogen and oxygen atoms in total. The van der Waals surface area contributed by atoms with Crippen molar-refractivity contribution in [2.75, 3.05) is 6.61 Å². The van der Waals surface area contributed by atoms with Gasteiger partial charge in [-0.25, -0.2) is 0 Å². The molecule has 2 rings (SSSR count). The van der Waals surface area contributed by atoms with Crippen molar-refractivity contribution in [3.63, 3.8) is 0 Å². The van der Waals surface area contributed by atoms with E-state index in [9.17, 15) is 4.79 Å². The molecule has 0 bridgehead atoms. The molecule has 1 aliphatic carbocycles. The summed E-state index contributed by atoms with van der Waals surface area (Å²) < 4.78 is 5.66. The van der Waals surface area contributed by atoms with E-state index >= 15 is 0 Å². The van der Waals surface area contributed by atoms with Crippen LogP contribution in [0.4, 0.5) is 0 Å². The van der Waals surface area contributed by atoms with Gasteiger partial charge in [0.15, 0.2) is 5.78 Å². The van der Waals surface area contributed by atoms with Crippen molar-refractivity contribution in [3.8, 4) is 0 Å². The summed E-state index contributed by atoms with van der Waals surface area (Å²) in [7, 11) is 0. The van der Waals surface area contributed by atoms with Crippen LogP contribution in [0, 0.1) is 0 Å². The van der Waals surface area contributed by atoms with Crippen LogP contribution < -0.4 is 0 Å². The average molecular weight is 272 g/mol. The Labute approximate surface area is 121 Å². The summed E-state index contributed by atoms with van der Waals surface area (Å²) in [6.07, 6.45) is 5.89. The van der Waals surface area contributed by atoms with Gasteiger partial charge in [-0.3, -0.25) is 4.79 Å². The van der Waals surface area contributed by atoms with Crippen LogP contribution in [-0.2, 0) is 16.1 Å². The number of carbonyl (C=O) groups is 1. The normalized spacial score (nSPS) is 15.8. The quantitative estimate of drug-likeness (QED) is 0.686. The zero-order chi connectivity index (χ0) is 14.2. The van der Waals surface area contributed by atoms with E-state index in [1.807, 2.05) is 18.2 Å². The second kappa shape index (κ2) is 8.01. The minimum absolute atomic E-state index is 0.374. The third kappa shape index (κ3) is 4.61. The van der Waals surface area contributed by atoms with Crippen molar-refractivity contribution in [2.45, 2.75) is 52.1 Å². The van der Waals surface area contributed by atoms with Gasteiger partial charge in [-0.2, -0.15) is 0 Å². The lowest BCUT2D eigenvalue weighted by molar-refractivity contribution is -0.116. The number of carbonyl (C=O) groups excluding carboxylic acids is 1. The molecule has 2 heteroatoms. The van der Waals surface area contributed by atoms with Crippen molar-refractivity contribution in [2.24, 2.45) is 0 Å². The number of hydrogen-bond donors (Lipinski definition) is 0. The maximum Gasteiger partial charge on any atom is 0.158 e. The summed E-state index contributed by atoms with van der Waals surface area (Å²) in [6.45, 7) is 3.56. The van der Waals surface area contributed by atoms with Gasteiger partial charge in [-0.15, -0.1) is 0 Å². The van der Waals surface area contributed by atoms with Gasteiger partial charge in [0, 0.05) is 13.0 Å². The monoisotopic (exact) mass is 272 g/mol. The zero-order valence-corrected chi connectivity index (χ0v) is 12.4. The van der Waals surface area contributed by atoms with E-state index in [0.717, 1.165) is 50.7 Å². The Balaban J connectivity index is 1.61. The molecule has 0 N–H and O–H groups in total. The molecule has 0 aromatic heterocycles. The van der Waals surface area contributed by atoms with E-state index in [4.69, 9.17) is 4.74 Å². The average Bonchev–Trinajstić information content (AvgIpc) is 2.46. The van der Waals surface area contributed by atoms with Crippen LogP contribution >= 0.6 is 0 Å². The topological polar surface area (TPSA) is 26.3 Å². The van der Waals surface area contributed by atoms with Gasteiger partial charge in [-0.05, 0) is 50.2 Å². The SMILES string of the molecule is CC1=C(CCCCOCc2ccccc2)C(=O)CCC1. The number of allylic oxidation sites excluding steroid dienone is 2. The predicted octanol–water partition coefficient (Wildman–Crippen LogP) is 4.44. The van der Waals surface area contributed by atoms with Gasteiger partial charge in [-0.1, -0.05) is 35.9 Å². The lowest BCUT2D eigenvalue weighted by atomic mass is 9.88. The van der Waals surface area contributed by atoms with Gasteiger partial charge < -0.3 is 4.74 Å². The van der Waals surface area contributed by atoms with Gasteiger partial charge in [0.05, 0.1) is 6.61 Å².